The van der Waals surface area contributed by atoms with Crippen LogP contribution in [0.4, 0.5) is 4.79 Å². The van der Waals surface area contributed by atoms with Crippen molar-refractivity contribution < 1.29 is 14.0 Å². The molecule has 0 spiro atoms. The average molecular weight is 353 g/mol. The van der Waals surface area contributed by atoms with Crippen molar-refractivity contribution in [3.8, 4) is 5.69 Å². The number of hydrogen-bond acceptors (Lipinski definition) is 4. The molecule has 2 aromatic heterocycles. The highest BCUT2D eigenvalue weighted by atomic mass is 16.3. The van der Waals surface area contributed by atoms with Crippen molar-refractivity contribution in [2.45, 2.75) is 6.54 Å². The summed E-state index contributed by atoms with van der Waals surface area (Å²) in [7, 11) is 0. The van der Waals surface area contributed by atoms with Gasteiger partial charge in [-0.05, 0) is 24.3 Å². The van der Waals surface area contributed by atoms with Crippen molar-refractivity contribution >= 4 is 11.9 Å². The van der Waals surface area contributed by atoms with Gasteiger partial charge >= 0.3 is 6.03 Å². The van der Waals surface area contributed by atoms with Crippen LogP contribution in [-0.4, -0.2) is 34.8 Å². The van der Waals surface area contributed by atoms with E-state index in [2.05, 4.69) is 21.0 Å². The number of benzene rings is 1. The highest BCUT2D eigenvalue weighted by Gasteiger charge is 2.07. The molecule has 0 fully saturated rings. The summed E-state index contributed by atoms with van der Waals surface area (Å²) in [5, 5.41) is 12.3. The van der Waals surface area contributed by atoms with Gasteiger partial charge in [0, 0.05) is 31.4 Å². The predicted octanol–water partition coefficient (Wildman–Crippen LogP) is 1.69. The molecule has 3 N–H and O–H groups in total. The lowest BCUT2D eigenvalue weighted by molar-refractivity contribution is 0.0926. The summed E-state index contributed by atoms with van der Waals surface area (Å²) < 4.78 is 6.72. The fourth-order valence-corrected chi connectivity index (χ4v) is 2.27. The molecule has 0 unspecified atom stereocenters. The number of carbonyl (C=O) groups is 2. The molecule has 0 aliphatic carbocycles. The van der Waals surface area contributed by atoms with Gasteiger partial charge in [0.1, 0.15) is 0 Å². The molecule has 3 rings (SSSR count). The number of aromatic nitrogens is 2. The fraction of sp³-hybridized carbons (Fsp3) is 0.167. The third-order valence-corrected chi connectivity index (χ3v) is 3.55. The Morgan fingerprint density at radius 1 is 1.00 bits per heavy atom. The van der Waals surface area contributed by atoms with Crippen molar-refractivity contribution in [2.24, 2.45) is 0 Å². The average Bonchev–Trinajstić information content (AvgIpc) is 3.36. The maximum Gasteiger partial charge on any atom is 0.315 e. The number of hydrogen-bond donors (Lipinski definition) is 3. The number of nitrogens with one attached hydrogen (secondary N) is 3. The van der Waals surface area contributed by atoms with Gasteiger partial charge in [0.15, 0.2) is 5.76 Å². The molecule has 0 aliphatic heterocycles. The standard InChI is InChI=1S/C18H19N5O3/c24-17(16-7-4-10-26-16)19-8-9-20-18(25)21-11-14-12-22-23(13-14)15-5-2-1-3-6-15/h1-7,10,12-13H,8-9,11H2,(H,19,24)(H2,20,21,25). The van der Waals surface area contributed by atoms with Crippen molar-refractivity contribution in [3.63, 3.8) is 0 Å². The lowest BCUT2D eigenvalue weighted by Crippen LogP contribution is -2.39. The van der Waals surface area contributed by atoms with Crippen LogP contribution in [0.3, 0.4) is 0 Å². The van der Waals surface area contributed by atoms with E-state index in [9.17, 15) is 9.59 Å². The van der Waals surface area contributed by atoms with Gasteiger partial charge in [-0.3, -0.25) is 4.79 Å². The molecule has 3 aromatic rings. The van der Waals surface area contributed by atoms with E-state index in [1.165, 1.54) is 6.26 Å². The SMILES string of the molecule is O=C(NCCNC(=O)c1ccco1)NCc1cnn(-c2ccccc2)c1. The molecule has 8 heteroatoms. The van der Waals surface area contributed by atoms with Crippen LogP contribution in [-0.2, 0) is 6.54 Å². The third kappa shape index (κ3) is 4.73. The first-order chi connectivity index (χ1) is 12.7. The van der Waals surface area contributed by atoms with Gasteiger partial charge in [-0.15, -0.1) is 0 Å². The zero-order valence-electron chi connectivity index (χ0n) is 14.0. The Morgan fingerprint density at radius 2 is 1.81 bits per heavy atom. The first-order valence-corrected chi connectivity index (χ1v) is 8.15. The molecule has 1 aromatic carbocycles. The van der Waals surface area contributed by atoms with Crippen LogP contribution in [0.2, 0.25) is 0 Å². The molecule has 134 valence electrons. The lowest BCUT2D eigenvalue weighted by atomic mass is 10.3. The Morgan fingerprint density at radius 3 is 2.58 bits per heavy atom. The first kappa shape index (κ1) is 17.3. The van der Waals surface area contributed by atoms with Crippen LogP contribution >= 0.6 is 0 Å². The zero-order chi connectivity index (χ0) is 18.2. The molecule has 2 heterocycles. The van der Waals surface area contributed by atoms with Gasteiger partial charge in [0.05, 0.1) is 18.1 Å². The second-order valence-electron chi connectivity index (χ2n) is 5.47. The summed E-state index contributed by atoms with van der Waals surface area (Å²) >= 11 is 0. The number of rotatable bonds is 7. The molecule has 3 amide bonds. The topological polar surface area (TPSA) is 101 Å². The van der Waals surface area contributed by atoms with Gasteiger partial charge in [-0.1, -0.05) is 18.2 Å². The smallest absolute Gasteiger partial charge is 0.315 e. The highest BCUT2D eigenvalue weighted by Crippen LogP contribution is 2.07. The Labute approximate surface area is 150 Å². The van der Waals surface area contributed by atoms with E-state index in [-0.39, 0.29) is 17.7 Å². The van der Waals surface area contributed by atoms with E-state index in [4.69, 9.17) is 4.42 Å². The van der Waals surface area contributed by atoms with Gasteiger partial charge in [-0.25, -0.2) is 9.48 Å². The van der Waals surface area contributed by atoms with Crippen LogP contribution in [0.15, 0.2) is 65.5 Å². The number of para-hydroxylation sites is 1. The second kappa shape index (κ2) is 8.52. The normalized spacial score (nSPS) is 10.3. The number of amides is 3. The molecule has 0 saturated carbocycles. The second-order valence-corrected chi connectivity index (χ2v) is 5.47. The third-order valence-electron chi connectivity index (χ3n) is 3.55. The van der Waals surface area contributed by atoms with Crippen molar-refractivity contribution in [1.82, 2.24) is 25.7 Å². The molecule has 8 nitrogen and oxygen atoms in total. The van der Waals surface area contributed by atoms with Gasteiger partial charge in [0.2, 0.25) is 0 Å². The number of carbonyl (C=O) groups excluding carboxylic acids is 2. The van der Waals surface area contributed by atoms with E-state index in [1.54, 1.807) is 23.0 Å². The summed E-state index contributed by atoms with van der Waals surface area (Å²) in [4.78, 5) is 23.4. The Bertz CT molecular complexity index is 843. The van der Waals surface area contributed by atoms with Crippen LogP contribution in [0.5, 0.6) is 0 Å². The number of furan rings is 1. The van der Waals surface area contributed by atoms with E-state index in [1.807, 2.05) is 36.5 Å². The fourth-order valence-electron chi connectivity index (χ4n) is 2.27. The largest absolute Gasteiger partial charge is 0.459 e. The monoisotopic (exact) mass is 353 g/mol. The summed E-state index contributed by atoms with van der Waals surface area (Å²) in [5.74, 6) is -0.0737. The van der Waals surface area contributed by atoms with Crippen molar-refractivity contribution in [2.75, 3.05) is 13.1 Å². The molecule has 0 atom stereocenters. The lowest BCUT2D eigenvalue weighted by Gasteiger charge is -2.07. The van der Waals surface area contributed by atoms with Gasteiger partial charge in [-0.2, -0.15) is 5.10 Å². The summed E-state index contributed by atoms with van der Waals surface area (Å²) in [6.45, 7) is 0.970. The first-order valence-electron chi connectivity index (χ1n) is 8.15. The van der Waals surface area contributed by atoms with E-state index in [0.717, 1.165) is 11.3 Å². The van der Waals surface area contributed by atoms with Crippen LogP contribution in [0.25, 0.3) is 5.69 Å². The quantitative estimate of drug-likeness (QED) is 0.563. The van der Waals surface area contributed by atoms with Crippen LogP contribution in [0.1, 0.15) is 16.1 Å². The van der Waals surface area contributed by atoms with E-state index in [0.29, 0.717) is 19.6 Å². The predicted molar refractivity (Wildman–Crippen MR) is 94.8 cm³/mol. The molecular formula is C18H19N5O3. The van der Waals surface area contributed by atoms with Gasteiger partial charge < -0.3 is 20.4 Å². The minimum absolute atomic E-state index is 0.241. The Balaban J connectivity index is 1.35. The van der Waals surface area contributed by atoms with E-state index >= 15 is 0 Å². The maximum atomic E-state index is 11.8. The zero-order valence-corrected chi connectivity index (χ0v) is 14.0. The summed E-state index contributed by atoms with van der Waals surface area (Å²) in [6.07, 6.45) is 5.00. The van der Waals surface area contributed by atoms with E-state index < -0.39 is 0 Å². The highest BCUT2D eigenvalue weighted by molar-refractivity contribution is 5.91. The molecule has 0 bridgehead atoms. The molecule has 0 aliphatic rings. The number of urea groups is 1. The Hall–Kier alpha value is -3.55. The van der Waals surface area contributed by atoms with Gasteiger partial charge in [0.25, 0.3) is 5.91 Å². The maximum absolute atomic E-state index is 11.8. The Kier molecular flexibility index (Phi) is 5.66. The molecule has 0 saturated heterocycles. The minimum Gasteiger partial charge on any atom is -0.459 e. The number of nitrogens with zero attached hydrogens (tertiary/aromatic N) is 2. The van der Waals surface area contributed by atoms with Crippen LogP contribution in [0, 0.1) is 0 Å². The minimum atomic E-state index is -0.315. The summed E-state index contributed by atoms with van der Waals surface area (Å²) in [6, 6.07) is 12.6. The molecule has 0 radical (unpaired) electrons. The summed E-state index contributed by atoms with van der Waals surface area (Å²) in [5.41, 5.74) is 1.84. The van der Waals surface area contributed by atoms with Crippen molar-refractivity contribution in [3.05, 3.63) is 72.4 Å². The van der Waals surface area contributed by atoms with Crippen LogP contribution < -0.4 is 16.0 Å². The molecule has 26 heavy (non-hydrogen) atoms. The molecular weight excluding hydrogens is 334 g/mol. The van der Waals surface area contributed by atoms with Crippen molar-refractivity contribution in [1.29, 1.82) is 0 Å².